The maximum Gasteiger partial charge on any atom is 0.255 e. The first-order valence-electron chi connectivity index (χ1n) is 12.8. The van der Waals surface area contributed by atoms with Gasteiger partial charge in [-0.25, -0.2) is 0 Å². The lowest BCUT2D eigenvalue weighted by atomic mass is 10.1. The van der Waals surface area contributed by atoms with Gasteiger partial charge in [-0.2, -0.15) is 0 Å². The number of aryl methyl sites for hydroxylation is 2. The van der Waals surface area contributed by atoms with Gasteiger partial charge in [-0.05, 0) is 93.1 Å². The molecule has 2 aliphatic rings. The highest BCUT2D eigenvalue weighted by molar-refractivity contribution is 6.09. The minimum Gasteiger partial charge on any atom is -0.326 e. The van der Waals surface area contributed by atoms with Crippen molar-refractivity contribution in [3.8, 4) is 0 Å². The monoisotopic (exact) mass is 510 g/mol. The van der Waals surface area contributed by atoms with E-state index in [1.165, 1.54) is 6.07 Å². The highest BCUT2D eigenvalue weighted by Gasteiger charge is 2.30. The number of benzene rings is 3. The molecule has 0 aliphatic heterocycles. The van der Waals surface area contributed by atoms with Gasteiger partial charge in [-0.15, -0.1) is 0 Å². The zero-order valence-electron chi connectivity index (χ0n) is 21.4. The zero-order valence-corrected chi connectivity index (χ0v) is 21.4. The van der Waals surface area contributed by atoms with Crippen molar-refractivity contribution in [2.24, 2.45) is 11.8 Å². The Morgan fingerprint density at radius 1 is 0.579 bits per heavy atom. The van der Waals surface area contributed by atoms with Crippen LogP contribution in [-0.2, 0) is 9.59 Å². The van der Waals surface area contributed by atoms with E-state index in [0.29, 0.717) is 33.9 Å². The van der Waals surface area contributed by atoms with E-state index in [1.807, 2.05) is 26.0 Å². The standard InChI is InChI=1S/C30H30N4O4/c1-17-6-12-23(15-25(17)33-27(35)19-8-9-19)31-29(37)21-4-3-5-22(14-21)30(38)32-24-13-7-18(2)26(16-24)34-28(36)20-10-11-20/h3-7,12-16,19-20H,8-11H2,1-2H3,(H,31,37)(H,32,38)(H,33,35)(H,34,36). The summed E-state index contributed by atoms with van der Waals surface area (Å²) in [4.78, 5) is 50.3. The molecule has 5 rings (SSSR count). The molecule has 8 heteroatoms. The minimum atomic E-state index is -0.372. The lowest BCUT2D eigenvalue weighted by Gasteiger charge is -2.13. The van der Waals surface area contributed by atoms with E-state index in [2.05, 4.69) is 21.3 Å². The van der Waals surface area contributed by atoms with Gasteiger partial charge in [0, 0.05) is 45.7 Å². The van der Waals surface area contributed by atoms with E-state index in [-0.39, 0.29) is 35.5 Å². The van der Waals surface area contributed by atoms with Crippen LogP contribution in [0.4, 0.5) is 22.7 Å². The normalized spacial score (nSPS) is 14.4. The van der Waals surface area contributed by atoms with Crippen LogP contribution < -0.4 is 21.3 Å². The Morgan fingerprint density at radius 2 is 1.00 bits per heavy atom. The molecule has 194 valence electrons. The maximum atomic E-state index is 13.0. The molecule has 0 atom stereocenters. The molecule has 0 spiro atoms. The summed E-state index contributed by atoms with van der Waals surface area (Å²) in [5.74, 6) is -0.585. The fourth-order valence-electron chi connectivity index (χ4n) is 4.04. The van der Waals surface area contributed by atoms with Crippen LogP contribution in [0, 0.1) is 25.7 Å². The molecule has 0 unspecified atom stereocenters. The summed E-state index contributed by atoms with van der Waals surface area (Å²) in [6.45, 7) is 3.79. The van der Waals surface area contributed by atoms with E-state index < -0.39 is 0 Å². The number of nitrogens with one attached hydrogen (secondary N) is 4. The van der Waals surface area contributed by atoms with Crippen molar-refractivity contribution >= 4 is 46.4 Å². The molecule has 4 amide bonds. The number of carbonyl (C=O) groups is 4. The van der Waals surface area contributed by atoms with Crippen LogP contribution in [0.1, 0.15) is 57.5 Å². The summed E-state index contributed by atoms with van der Waals surface area (Å²) in [5.41, 5.74) is 4.87. The summed E-state index contributed by atoms with van der Waals surface area (Å²) < 4.78 is 0. The lowest BCUT2D eigenvalue weighted by Crippen LogP contribution is -2.17. The molecule has 0 bridgehead atoms. The van der Waals surface area contributed by atoms with Gasteiger partial charge in [0.05, 0.1) is 0 Å². The largest absolute Gasteiger partial charge is 0.326 e. The third kappa shape index (κ3) is 6.08. The Kier molecular flexibility index (Phi) is 6.96. The van der Waals surface area contributed by atoms with Crippen LogP contribution >= 0.6 is 0 Å². The Morgan fingerprint density at radius 3 is 1.39 bits per heavy atom. The molecule has 8 nitrogen and oxygen atoms in total. The second-order valence-corrected chi connectivity index (χ2v) is 10.1. The molecule has 4 N–H and O–H groups in total. The molecular formula is C30H30N4O4. The molecule has 3 aromatic carbocycles. The average Bonchev–Trinajstić information content (AvgIpc) is 3.81. The highest BCUT2D eigenvalue weighted by atomic mass is 16.2. The SMILES string of the molecule is Cc1ccc(NC(=O)c2cccc(C(=O)Nc3ccc(C)c(NC(=O)C4CC4)c3)c2)cc1NC(=O)C1CC1. The van der Waals surface area contributed by atoms with E-state index in [1.54, 1.807) is 42.5 Å². The Bertz CT molecular complexity index is 1340. The van der Waals surface area contributed by atoms with Crippen LogP contribution in [0.15, 0.2) is 60.7 Å². The van der Waals surface area contributed by atoms with E-state index in [0.717, 1.165) is 36.8 Å². The molecule has 0 saturated heterocycles. The second-order valence-electron chi connectivity index (χ2n) is 10.1. The first-order valence-corrected chi connectivity index (χ1v) is 12.8. The van der Waals surface area contributed by atoms with E-state index in [9.17, 15) is 19.2 Å². The summed E-state index contributed by atoms with van der Waals surface area (Å²) in [5, 5.41) is 11.6. The highest BCUT2D eigenvalue weighted by Crippen LogP contribution is 2.32. The molecule has 2 saturated carbocycles. The third-order valence-electron chi connectivity index (χ3n) is 6.79. The molecule has 2 fully saturated rings. The Balaban J connectivity index is 1.25. The molecule has 0 radical (unpaired) electrons. The smallest absolute Gasteiger partial charge is 0.255 e. The summed E-state index contributed by atoms with van der Waals surface area (Å²) >= 11 is 0. The average molecular weight is 511 g/mol. The van der Waals surface area contributed by atoms with Gasteiger partial charge in [0.25, 0.3) is 11.8 Å². The molecule has 38 heavy (non-hydrogen) atoms. The lowest BCUT2D eigenvalue weighted by molar-refractivity contribution is -0.118. The van der Waals surface area contributed by atoms with Gasteiger partial charge >= 0.3 is 0 Å². The van der Waals surface area contributed by atoms with E-state index >= 15 is 0 Å². The number of hydrogen-bond acceptors (Lipinski definition) is 4. The predicted molar refractivity (Wildman–Crippen MR) is 147 cm³/mol. The first-order chi connectivity index (χ1) is 18.3. The van der Waals surface area contributed by atoms with Crippen LogP contribution in [-0.4, -0.2) is 23.6 Å². The van der Waals surface area contributed by atoms with Crippen molar-refractivity contribution in [1.82, 2.24) is 0 Å². The van der Waals surface area contributed by atoms with Crippen molar-refractivity contribution in [3.63, 3.8) is 0 Å². The van der Waals surface area contributed by atoms with Crippen LogP contribution in [0.5, 0.6) is 0 Å². The molecular weight excluding hydrogens is 480 g/mol. The number of carbonyl (C=O) groups excluding carboxylic acids is 4. The molecule has 2 aliphatic carbocycles. The van der Waals surface area contributed by atoms with Gasteiger partial charge in [0.2, 0.25) is 11.8 Å². The minimum absolute atomic E-state index is 0.00119. The third-order valence-corrected chi connectivity index (χ3v) is 6.79. The second kappa shape index (κ2) is 10.5. The number of hydrogen-bond donors (Lipinski definition) is 4. The van der Waals surface area contributed by atoms with Crippen molar-refractivity contribution in [3.05, 3.63) is 82.9 Å². The number of rotatable bonds is 8. The van der Waals surface area contributed by atoms with Crippen LogP contribution in [0.3, 0.4) is 0 Å². The van der Waals surface area contributed by atoms with Crippen molar-refractivity contribution in [2.75, 3.05) is 21.3 Å². The van der Waals surface area contributed by atoms with Crippen molar-refractivity contribution in [1.29, 1.82) is 0 Å². The van der Waals surface area contributed by atoms with Crippen molar-refractivity contribution < 1.29 is 19.2 Å². The summed E-state index contributed by atoms with van der Waals surface area (Å²) in [6, 6.07) is 17.1. The van der Waals surface area contributed by atoms with Gasteiger partial charge in [0.15, 0.2) is 0 Å². The van der Waals surface area contributed by atoms with Gasteiger partial charge in [0.1, 0.15) is 0 Å². The maximum absolute atomic E-state index is 13.0. The fraction of sp³-hybridized carbons (Fsp3) is 0.267. The van der Waals surface area contributed by atoms with Crippen molar-refractivity contribution in [2.45, 2.75) is 39.5 Å². The Hall–Kier alpha value is -4.46. The molecule has 0 aromatic heterocycles. The number of amides is 4. The van der Waals surface area contributed by atoms with Crippen LogP contribution in [0.2, 0.25) is 0 Å². The van der Waals surface area contributed by atoms with Gasteiger partial charge in [-0.3, -0.25) is 19.2 Å². The first kappa shape index (κ1) is 25.2. The fourth-order valence-corrected chi connectivity index (χ4v) is 4.04. The van der Waals surface area contributed by atoms with Gasteiger partial charge < -0.3 is 21.3 Å². The Labute approximate surface area is 221 Å². The van der Waals surface area contributed by atoms with Crippen LogP contribution in [0.25, 0.3) is 0 Å². The number of anilines is 4. The molecule has 0 heterocycles. The summed E-state index contributed by atoms with van der Waals surface area (Å²) in [7, 11) is 0. The molecule has 3 aromatic rings. The van der Waals surface area contributed by atoms with Gasteiger partial charge in [-0.1, -0.05) is 18.2 Å². The quantitative estimate of drug-likeness (QED) is 0.320. The van der Waals surface area contributed by atoms with E-state index in [4.69, 9.17) is 0 Å². The predicted octanol–water partition coefficient (Wildman–Crippen LogP) is 5.51. The summed E-state index contributed by atoms with van der Waals surface area (Å²) in [6.07, 6.45) is 3.64. The zero-order chi connectivity index (χ0) is 26.8. The topological polar surface area (TPSA) is 116 Å².